The Hall–Kier alpha value is -0.480. The molecule has 1 aliphatic rings. The van der Waals surface area contributed by atoms with Gasteiger partial charge in [0, 0.05) is 18.9 Å². The van der Waals surface area contributed by atoms with E-state index in [1.54, 1.807) is 0 Å². The van der Waals surface area contributed by atoms with Crippen LogP contribution in [0.25, 0.3) is 11.0 Å². The predicted molar refractivity (Wildman–Crippen MR) is 87.9 cm³/mol. The van der Waals surface area contributed by atoms with Gasteiger partial charge in [0.1, 0.15) is 5.82 Å². The molecule has 1 aliphatic heterocycles. The number of aryl methyl sites for hydroxylation is 1. The Morgan fingerprint density at radius 2 is 2.10 bits per heavy atom. The minimum Gasteiger partial charge on any atom is -0.379 e. The molecule has 0 bridgehead atoms. The van der Waals surface area contributed by atoms with Crippen LogP contribution in [0.2, 0.25) is 10.0 Å². The van der Waals surface area contributed by atoms with Crippen LogP contribution in [0, 0.1) is 0 Å². The maximum atomic E-state index is 6.20. The highest BCUT2D eigenvalue weighted by Gasteiger charge is 2.33. The fourth-order valence-corrected chi connectivity index (χ4v) is 3.56. The normalized spacial score (nSPS) is 22.9. The van der Waals surface area contributed by atoms with Gasteiger partial charge in [-0.15, -0.1) is 11.6 Å². The Labute approximate surface area is 139 Å². The lowest BCUT2D eigenvalue weighted by atomic mass is 9.94. The van der Waals surface area contributed by atoms with Crippen LogP contribution in [0.1, 0.15) is 25.6 Å². The summed E-state index contributed by atoms with van der Waals surface area (Å²) in [7, 11) is 0. The molecule has 1 saturated heterocycles. The average molecular weight is 348 g/mol. The SMILES string of the molecule is CC1(n2c(CCCl)nc3cc(Cl)c(Cl)cc32)CCCOC1. The molecule has 3 nitrogen and oxygen atoms in total. The average Bonchev–Trinajstić information content (AvgIpc) is 2.78. The summed E-state index contributed by atoms with van der Waals surface area (Å²) < 4.78 is 7.95. The van der Waals surface area contributed by atoms with Crippen molar-refractivity contribution in [2.24, 2.45) is 0 Å². The molecule has 21 heavy (non-hydrogen) atoms. The number of hydrogen-bond acceptors (Lipinski definition) is 2. The van der Waals surface area contributed by atoms with E-state index in [-0.39, 0.29) is 5.54 Å². The highest BCUT2D eigenvalue weighted by molar-refractivity contribution is 6.42. The first kappa shape index (κ1) is 15.4. The molecular formula is C15H17Cl3N2O. The van der Waals surface area contributed by atoms with Crippen LogP contribution in [-0.2, 0) is 16.7 Å². The van der Waals surface area contributed by atoms with Crippen molar-refractivity contribution in [2.45, 2.75) is 31.7 Å². The molecule has 3 rings (SSSR count). The second-order valence-corrected chi connectivity index (χ2v) is 6.90. The van der Waals surface area contributed by atoms with Gasteiger partial charge in [-0.25, -0.2) is 4.98 Å². The van der Waals surface area contributed by atoms with E-state index in [1.165, 1.54) is 0 Å². The number of benzene rings is 1. The number of aromatic nitrogens is 2. The van der Waals surface area contributed by atoms with E-state index in [4.69, 9.17) is 44.5 Å². The molecule has 2 heterocycles. The molecule has 1 fully saturated rings. The quantitative estimate of drug-likeness (QED) is 0.756. The van der Waals surface area contributed by atoms with Gasteiger partial charge in [-0.3, -0.25) is 0 Å². The van der Waals surface area contributed by atoms with Crippen LogP contribution >= 0.6 is 34.8 Å². The summed E-state index contributed by atoms with van der Waals surface area (Å²) in [5.74, 6) is 1.49. The largest absolute Gasteiger partial charge is 0.379 e. The number of fused-ring (bicyclic) bond motifs is 1. The van der Waals surface area contributed by atoms with Crippen LogP contribution in [0.4, 0.5) is 0 Å². The molecule has 0 radical (unpaired) electrons. The van der Waals surface area contributed by atoms with Gasteiger partial charge in [0.05, 0.1) is 33.2 Å². The Bertz CT molecular complexity index is 662. The fraction of sp³-hybridized carbons (Fsp3) is 0.533. The summed E-state index contributed by atoms with van der Waals surface area (Å²) in [4.78, 5) is 4.70. The smallest absolute Gasteiger partial charge is 0.111 e. The highest BCUT2D eigenvalue weighted by Crippen LogP contribution is 2.35. The van der Waals surface area contributed by atoms with Crippen LogP contribution in [0.3, 0.4) is 0 Å². The zero-order chi connectivity index (χ0) is 15.0. The van der Waals surface area contributed by atoms with Crippen molar-refractivity contribution < 1.29 is 4.74 Å². The van der Waals surface area contributed by atoms with Crippen LogP contribution in [0.5, 0.6) is 0 Å². The fourth-order valence-electron chi connectivity index (χ4n) is 3.07. The van der Waals surface area contributed by atoms with E-state index in [9.17, 15) is 0 Å². The molecule has 0 spiro atoms. The molecular weight excluding hydrogens is 331 g/mol. The van der Waals surface area contributed by atoms with Crippen molar-refractivity contribution in [3.8, 4) is 0 Å². The van der Waals surface area contributed by atoms with E-state index in [2.05, 4.69) is 11.5 Å². The number of halogens is 3. The second kappa shape index (κ2) is 5.96. The van der Waals surface area contributed by atoms with Gasteiger partial charge >= 0.3 is 0 Å². The van der Waals surface area contributed by atoms with Crippen LogP contribution < -0.4 is 0 Å². The Kier molecular flexibility index (Phi) is 4.37. The lowest BCUT2D eigenvalue weighted by molar-refractivity contribution is 0.0102. The summed E-state index contributed by atoms with van der Waals surface area (Å²) in [6, 6.07) is 3.71. The molecule has 6 heteroatoms. The Morgan fingerprint density at radius 1 is 1.33 bits per heavy atom. The molecule has 1 unspecified atom stereocenters. The van der Waals surface area contributed by atoms with Gasteiger partial charge in [0.2, 0.25) is 0 Å². The minimum atomic E-state index is -0.119. The van der Waals surface area contributed by atoms with Crippen LogP contribution in [-0.4, -0.2) is 28.6 Å². The summed E-state index contributed by atoms with van der Waals surface area (Å²) in [5, 5.41) is 1.07. The van der Waals surface area contributed by atoms with Gasteiger partial charge in [-0.05, 0) is 31.9 Å². The van der Waals surface area contributed by atoms with Crippen molar-refractivity contribution in [3.63, 3.8) is 0 Å². The molecule has 0 aliphatic carbocycles. The zero-order valence-electron chi connectivity index (χ0n) is 11.8. The predicted octanol–water partition coefficient (Wildman–Crippen LogP) is 4.65. The van der Waals surface area contributed by atoms with E-state index in [0.717, 1.165) is 36.3 Å². The number of imidazole rings is 1. The minimum absolute atomic E-state index is 0.119. The first-order valence-corrected chi connectivity index (χ1v) is 8.35. The van der Waals surface area contributed by atoms with Crippen molar-refractivity contribution in [3.05, 3.63) is 28.0 Å². The molecule has 2 aromatic rings. The monoisotopic (exact) mass is 346 g/mol. The first-order valence-electron chi connectivity index (χ1n) is 7.06. The van der Waals surface area contributed by atoms with Crippen molar-refractivity contribution in [2.75, 3.05) is 19.1 Å². The molecule has 1 aromatic carbocycles. The molecule has 114 valence electrons. The third-order valence-corrected chi connectivity index (χ3v) is 4.95. The van der Waals surface area contributed by atoms with Crippen molar-refractivity contribution in [1.82, 2.24) is 9.55 Å². The van der Waals surface area contributed by atoms with Gasteiger partial charge in [0.15, 0.2) is 0 Å². The Balaban J connectivity index is 2.22. The van der Waals surface area contributed by atoms with Gasteiger partial charge < -0.3 is 9.30 Å². The van der Waals surface area contributed by atoms with E-state index in [1.807, 2.05) is 12.1 Å². The number of rotatable bonds is 3. The van der Waals surface area contributed by atoms with Gasteiger partial charge in [0.25, 0.3) is 0 Å². The number of hydrogen-bond donors (Lipinski definition) is 0. The van der Waals surface area contributed by atoms with Crippen LogP contribution in [0.15, 0.2) is 12.1 Å². The standard InChI is InChI=1S/C15H17Cl3N2O/c1-15(4-2-6-21-9-15)20-13-8-11(18)10(17)7-12(13)19-14(20)3-5-16/h7-8H,2-6,9H2,1H3. The van der Waals surface area contributed by atoms with E-state index in [0.29, 0.717) is 29.0 Å². The first-order chi connectivity index (χ1) is 10.0. The third-order valence-electron chi connectivity index (χ3n) is 4.04. The number of alkyl halides is 1. The summed E-state index contributed by atoms with van der Waals surface area (Å²) in [6.45, 7) is 3.70. The number of nitrogens with zero attached hydrogens (tertiary/aromatic N) is 2. The lowest BCUT2D eigenvalue weighted by Gasteiger charge is -2.36. The van der Waals surface area contributed by atoms with Crippen molar-refractivity contribution >= 4 is 45.8 Å². The maximum Gasteiger partial charge on any atom is 0.111 e. The summed E-state index contributed by atoms with van der Waals surface area (Å²) in [5.41, 5.74) is 1.74. The maximum absolute atomic E-state index is 6.20. The highest BCUT2D eigenvalue weighted by atomic mass is 35.5. The zero-order valence-corrected chi connectivity index (χ0v) is 14.1. The van der Waals surface area contributed by atoms with E-state index < -0.39 is 0 Å². The second-order valence-electron chi connectivity index (χ2n) is 5.71. The molecule has 0 N–H and O–H groups in total. The molecule has 0 saturated carbocycles. The van der Waals surface area contributed by atoms with Gasteiger partial charge in [-0.2, -0.15) is 0 Å². The third kappa shape index (κ3) is 2.77. The molecule has 0 amide bonds. The summed E-state index contributed by atoms with van der Waals surface area (Å²) >= 11 is 18.3. The number of ether oxygens (including phenoxy) is 1. The van der Waals surface area contributed by atoms with E-state index >= 15 is 0 Å². The summed E-state index contributed by atoms with van der Waals surface area (Å²) in [6.07, 6.45) is 2.80. The molecule has 1 aromatic heterocycles. The van der Waals surface area contributed by atoms with Crippen molar-refractivity contribution in [1.29, 1.82) is 0 Å². The molecule has 1 atom stereocenters. The lowest BCUT2D eigenvalue weighted by Crippen LogP contribution is -2.40. The van der Waals surface area contributed by atoms with Gasteiger partial charge in [-0.1, -0.05) is 23.2 Å². The topological polar surface area (TPSA) is 27.1 Å². The Morgan fingerprint density at radius 3 is 2.76 bits per heavy atom.